The molecular formula is C25H34N2O8. The van der Waals surface area contributed by atoms with Gasteiger partial charge < -0.3 is 24.6 Å². The minimum atomic E-state index is -1.13. The highest BCUT2D eigenvalue weighted by Gasteiger charge is 2.34. The smallest absolute Gasteiger partial charge is 0.344 e. The Morgan fingerprint density at radius 2 is 1.91 bits per heavy atom. The quantitative estimate of drug-likeness (QED) is 0.448. The maximum atomic E-state index is 13.2. The Morgan fingerprint density at radius 1 is 1.17 bits per heavy atom. The summed E-state index contributed by atoms with van der Waals surface area (Å²) in [6.07, 6.45) is 5.45. The van der Waals surface area contributed by atoms with Gasteiger partial charge in [0.25, 0.3) is 0 Å². The van der Waals surface area contributed by atoms with Crippen LogP contribution in [0, 0.1) is 11.8 Å². The van der Waals surface area contributed by atoms with Crippen LogP contribution in [-0.2, 0) is 28.7 Å². The minimum Gasteiger partial charge on any atom is -0.489 e. The van der Waals surface area contributed by atoms with Crippen molar-refractivity contribution in [2.75, 3.05) is 37.8 Å². The second-order valence-electron chi connectivity index (χ2n) is 8.81. The van der Waals surface area contributed by atoms with E-state index in [1.54, 1.807) is 31.2 Å². The van der Waals surface area contributed by atoms with E-state index in [1.165, 1.54) is 4.90 Å². The largest absolute Gasteiger partial charge is 0.489 e. The number of carboxylic acids is 1. The summed E-state index contributed by atoms with van der Waals surface area (Å²) in [5, 5.41) is 12.5. The van der Waals surface area contributed by atoms with Gasteiger partial charge >= 0.3 is 17.9 Å². The Balaban J connectivity index is 1.64. The maximum absolute atomic E-state index is 13.2. The van der Waals surface area contributed by atoms with Gasteiger partial charge in [-0.15, -0.1) is 0 Å². The van der Waals surface area contributed by atoms with Crippen LogP contribution in [0.3, 0.4) is 0 Å². The lowest BCUT2D eigenvalue weighted by Gasteiger charge is -2.29. The first-order valence-corrected chi connectivity index (χ1v) is 12.2. The molecule has 1 saturated carbocycles. The third kappa shape index (κ3) is 7.42. The van der Waals surface area contributed by atoms with Crippen LogP contribution in [-0.4, -0.2) is 67.9 Å². The Labute approximate surface area is 204 Å². The molecule has 1 unspecified atom stereocenters. The number of carbonyl (C=O) groups is 4. The highest BCUT2D eigenvalue weighted by atomic mass is 16.6. The summed E-state index contributed by atoms with van der Waals surface area (Å²) in [6, 6.07) is 6.04. The SMILES string of the molecule is CCOC(=O)COC(=O)C(CCN[C@H]1COc2ccccc2N(CC(=O)O)C1=O)C1CCCCC1. The van der Waals surface area contributed by atoms with Crippen LogP contribution in [0.5, 0.6) is 5.75 Å². The van der Waals surface area contributed by atoms with Crippen molar-refractivity contribution in [3.05, 3.63) is 24.3 Å². The highest BCUT2D eigenvalue weighted by molar-refractivity contribution is 6.02. The molecule has 0 bridgehead atoms. The number of carbonyl (C=O) groups excluding carboxylic acids is 3. The Hall–Kier alpha value is -3.14. The lowest BCUT2D eigenvalue weighted by atomic mass is 9.78. The molecule has 1 aromatic carbocycles. The first-order chi connectivity index (χ1) is 16.9. The number of amides is 1. The van der Waals surface area contributed by atoms with Crippen LogP contribution in [0.1, 0.15) is 45.4 Å². The van der Waals surface area contributed by atoms with Crippen LogP contribution in [0.4, 0.5) is 5.69 Å². The number of benzene rings is 1. The van der Waals surface area contributed by atoms with Crippen molar-refractivity contribution in [1.82, 2.24) is 5.32 Å². The molecule has 1 aliphatic carbocycles. The average Bonchev–Trinajstić information content (AvgIpc) is 2.98. The molecule has 2 aliphatic rings. The highest BCUT2D eigenvalue weighted by Crippen LogP contribution is 2.33. The van der Waals surface area contributed by atoms with Gasteiger partial charge in [0.1, 0.15) is 24.9 Å². The second kappa shape index (κ2) is 13.1. The van der Waals surface area contributed by atoms with Gasteiger partial charge in [-0.3, -0.25) is 19.3 Å². The molecule has 1 aliphatic heterocycles. The molecule has 0 spiro atoms. The Morgan fingerprint density at radius 3 is 2.63 bits per heavy atom. The van der Waals surface area contributed by atoms with E-state index >= 15 is 0 Å². The fraction of sp³-hybridized carbons (Fsp3) is 0.600. The van der Waals surface area contributed by atoms with Crippen molar-refractivity contribution in [3.63, 3.8) is 0 Å². The van der Waals surface area contributed by atoms with Crippen molar-refractivity contribution in [2.24, 2.45) is 11.8 Å². The fourth-order valence-electron chi connectivity index (χ4n) is 4.73. The number of carboxylic acid groups (broad SMARTS) is 1. The van der Waals surface area contributed by atoms with Gasteiger partial charge in [-0.2, -0.15) is 0 Å². The van der Waals surface area contributed by atoms with Gasteiger partial charge in [-0.05, 0) is 50.8 Å². The summed E-state index contributed by atoms with van der Waals surface area (Å²) in [5.41, 5.74) is 0.409. The van der Waals surface area contributed by atoms with Crippen LogP contribution in [0.25, 0.3) is 0 Å². The summed E-state index contributed by atoms with van der Waals surface area (Å²) >= 11 is 0. The molecular weight excluding hydrogens is 456 g/mol. The lowest BCUT2D eigenvalue weighted by Crippen LogP contribution is -2.50. The zero-order chi connectivity index (χ0) is 25.2. The number of hydrogen-bond acceptors (Lipinski definition) is 8. The van der Waals surface area contributed by atoms with E-state index in [2.05, 4.69) is 5.32 Å². The first kappa shape index (κ1) is 26.5. The molecule has 0 saturated heterocycles. The maximum Gasteiger partial charge on any atom is 0.344 e. The molecule has 10 heteroatoms. The predicted molar refractivity (Wildman–Crippen MR) is 126 cm³/mol. The zero-order valence-corrected chi connectivity index (χ0v) is 20.1. The van der Waals surface area contributed by atoms with Crippen molar-refractivity contribution < 1.29 is 38.5 Å². The third-order valence-electron chi connectivity index (χ3n) is 6.42. The van der Waals surface area contributed by atoms with E-state index in [4.69, 9.17) is 14.2 Å². The van der Waals surface area contributed by atoms with Gasteiger partial charge in [0, 0.05) is 0 Å². The van der Waals surface area contributed by atoms with Crippen LogP contribution in [0.15, 0.2) is 24.3 Å². The molecule has 1 aromatic rings. The summed E-state index contributed by atoms with van der Waals surface area (Å²) in [5.74, 6) is -2.38. The van der Waals surface area contributed by atoms with Crippen molar-refractivity contribution >= 4 is 29.5 Å². The van der Waals surface area contributed by atoms with Crippen molar-refractivity contribution in [3.8, 4) is 5.75 Å². The number of nitrogens with one attached hydrogen (secondary N) is 1. The summed E-state index contributed by atoms with van der Waals surface area (Å²) in [6.45, 7) is 1.36. The lowest BCUT2D eigenvalue weighted by molar-refractivity contribution is -0.162. The van der Waals surface area contributed by atoms with E-state index in [-0.39, 0.29) is 19.1 Å². The topological polar surface area (TPSA) is 131 Å². The van der Waals surface area contributed by atoms with Gasteiger partial charge in [0.2, 0.25) is 5.91 Å². The van der Waals surface area contributed by atoms with Crippen molar-refractivity contribution in [1.29, 1.82) is 0 Å². The number of esters is 2. The number of rotatable bonds is 11. The Kier molecular flexibility index (Phi) is 9.89. The van der Waals surface area contributed by atoms with E-state index < -0.39 is 48.9 Å². The van der Waals surface area contributed by atoms with Crippen LogP contribution < -0.4 is 15.0 Å². The number of nitrogens with zero attached hydrogens (tertiary/aromatic N) is 1. The number of anilines is 1. The zero-order valence-electron chi connectivity index (χ0n) is 20.1. The van der Waals surface area contributed by atoms with Crippen LogP contribution in [0.2, 0.25) is 0 Å². The van der Waals surface area contributed by atoms with E-state index in [0.717, 1.165) is 32.1 Å². The molecule has 192 valence electrons. The van der Waals surface area contributed by atoms with Gasteiger partial charge in [-0.1, -0.05) is 31.4 Å². The summed E-state index contributed by atoms with van der Waals surface area (Å²) in [4.78, 5) is 50.3. The van der Waals surface area contributed by atoms with Gasteiger partial charge in [0.05, 0.1) is 18.2 Å². The van der Waals surface area contributed by atoms with Gasteiger partial charge in [0.15, 0.2) is 6.61 Å². The normalized spacial score (nSPS) is 19.2. The van der Waals surface area contributed by atoms with E-state index in [9.17, 15) is 24.3 Å². The van der Waals surface area contributed by atoms with Gasteiger partial charge in [-0.25, -0.2) is 4.79 Å². The molecule has 35 heavy (non-hydrogen) atoms. The fourth-order valence-corrected chi connectivity index (χ4v) is 4.73. The second-order valence-corrected chi connectivity index (χ2v) is 8.81. The molecule has 3 rings (SSSR count). The number of aliphatic carboxylic acids is 1. The van der Waals surface area contributed by atoms with E-state index in [0.29, 0.717) is 24.4 Å². The molecule has 1 heterocycles. The molecule has 1 amide bonds. The molecule has 10 nitrogen and oxygen atoms in total. The average molecular weight is 491 g/mol. The van der Waals surface area contributed by atoms with Crippen molar-refractivity contribution in [2.45, 2.75) is 51.5 Å². The predicted octanol–water partition coefficient (Wildman–Crippen LogP) is 2.15. The summed E-state index contributed by atoms with van der Waals surface area (Å²) in [7, 11) is 0. The van der Waals surface area contributed by atoms with Crippen LogP contribution >= 0.6 is 0 Å². The molecule has 1 fully saturated rings. The monoisotopic (exact) mass is 490 g/mol. The molecule has 2 N–H and O–H groups in total. The summed E-state index contributed by atoms with van der Waals surface area (Å²) < 4.78 is 15.9. The molecule has 2 atom stereocenters. The molecule has 0 radical (unpaired) electrons. The number of ether oxygens (including phenoxy) is 3. The number of para-hydroxylation sites is 2. The van der Waals surface area contributed by atoms with E-state index in [1.807, 2.05) is 0 Å². The number of fused-ring (bicyclic) bond motifs is 1. The Bertz CT molecular complexity index is 899. The number of hydrogen-bond donors (Lipinski definition) is 2. The standard InChI is InChI=1S/C25H34N2O8/c1-2-33-23(30)16-35-25(32)18(17-8-4-3-5-9-17)12-13-26-19-15-34-21-11-7-6-10-20(21)27(24(19)31)14-22(28)29/h6-7,10-11,17-19,26H,2-5,8-9,12-16H2,1H3,(H,28,29)/t18?,19-/m0/s1. The third-order valence-corrected chi connectivity index (χ3v) is 6.42. The first-order valence-electron chi connectivity index (χ1n) is 12.2. The minimum absolute atomic E-state index is 0.0351. The molecule has 0 aromatic heterocycles.